The van der Waals surface area contributed by atoms with E-state index < -0.39 is 5.97 Å². The van der Waals surface area contributed by atoms with Crippen molar-refractivity contribution in [3.05, 3.63) is 41.4 Å². The van der Waals surface area contributed by atoms with E-state index in [1.54, 1.807) is 0 Å². The average Bonchev–Trinajstić information content (AvgIpc) is 3.28. The first-order valence-electron chi connectivity index (χ1n) is 9.41. The Morgan fingerprint density at radius 1 is 1.37 bits per heavy atom. The number of carboxylic acid groups (broad SMARTS) is 1. The second-order valence-corrected chi connectivity index (χ2v) is 8.36. The SMILES string of the molecule is CC1CC(C(=O)O)=N/C1=C\c1[nH]c(-c2ccc[nH]2)cc1CCC[N+](C)(C)C. The van der Waals surface area contributed by atoms with E-state index >= 15 is 0 Å². The van der Waals surface area contributed by atoms with Crippen LogP contribution in [0.5, 0.6) is 0 Å². The Balaban J connectivity index is 1.90. The minimum absolute atomic E-state index is 0.118. The Bertz CT molecular complexity index is 867. The largest absolute Gasteiger partial charge is 0.477 e. The lowest BCUT2D eigenvalue weighted by Crippen LogP contribution is -2.35. The van der Waals surface area contributed by atoms with Crippen molar-refractivity contribution < 1.29 is 14.4 Å². The summed E-state index contributed by atoms with van der Waals surface area (Å²) >= 11 is 0. The van der Waals surface area contributed by atoms with Crippen molar-refractivity contribution in [3.63, 3.8) is 0 Å². The van der Waals surface area contributed by atoms with E-state index in [0.717, 1.165) is 46.6 Å². The molecule has 0 radical (unpaired) electrons. The molecule has 0 amide bonds. The lowest BCUT2D eigenvalue weighted by Gasteiger charge is -2.23. The van der Waals surface area contributed by atoms with Crippen LogP contribution in [0.15, 0.2) is 35.1 Å². The van der Waals surface area contributed by atoms with Crippen molar-refractivity contribution in [2.45, 2.75) is 26.2 Å². The van der Waals surface area contributed by atoms with Crippen LogP contribution in [0.1, 0.15) is 31.0 Å². The van der Waals surface area contributed by atoms with Crippen LogP contribution in [0.4, 0.5) is 0 Å². The predicted octanol–water partition coefficient (Wildman–Crippen LogP) is 3.55. The van der Waals surface area contributed by atoms with Crippen molar-refractivity contribution in [3.8, 4) is 11.4 Å². The van der Waals surface area contributed by atoms with Gasteiger partial charge in [-0.15, -0.1) is 0 Å². The predicted molar refractivity (Wildman–Crippen MR) is 109 cm³/mol. The summed E-state index contributed by atoms with van der Waals surface area (Å²) in [6, 6.07) is 6.21. The zero-order chi connectivity index (χ0) is 19.6. The minimum atomic E-state index is -0.924. The summed E-state index contributed by atoms with van der Waals surface area (Å²) in [7, 11) is 6.60. The minimum Gasteiger partial charge on any atom is -0.477 e. The third kappa shape index (κ3) is 4.77. The molecule has 1 atom stereocenters. The number of allylic oxidation sites excluding steroid dienone is 1. The quantitative estimate of drug-likeness (QED) is 0.652. The van der Waals surface area contributed by atoms with Gasteiger partial charge in [-0.05, 0) is 36.3 Å². The van der Waals surface area contributed by atoms with Gasteiger partial charge in [0.15, 0.2) is 0 Å². The van der Waals surface area contributed by atoms with E-state index in [0.29, 0.717) is 6.42 Å². The molecule has 1 unspecified atom stereocenters. The Morgan fingerprint density at radius 2 is 2.15 bits per heavy atom. The number of aryl methyl sites for hydroxylation is 1. The van der Waals surface area contributed by atoms with Crippen LogP contribution >= 0.6 is 0 Å². The molecule has 0 fully saturated rings. The first kappa shape index (κ1) is 19.2. The Kier molecular flexibility index (Phi) is 5.37. The molecule has 2 aromatic heterocycles. The van der Waals surface area contributed by atoms with Crippen LogP contribution in [-0.4, -0.2) is 58.9 Å². The third-order valence-corrected chi connectivity index (χ3v) is 4.90. The van der Waals surface area contributed by atoms with E-state index in [1.165, 1.54) is 5.56 Å². The van der Waals surface area contributed by atoms with E-state index in [9.17, 15) is 9.90 Å². The highest BCUT2D eigenvalue weighted by Crippen LogP contribution is 2.29. The fraction of sp³-hybridized carbons (Fsp3) is 0.429. The highest BCUT2D eigenvalue weighted by atomic mass is 16.4. The zero-order valence-electron chi connectivity index (χ0n) is 16.5. The number of nitrogens with one attached hydrogen (secondary N) is 2. The zero-order valence-corrected chi connectivity index (χ0v) is 16.5. The number of aliphatic imine (C=N–C) groups is 1. The summed E-state index contributed by atoms with van der Waals surface area (Å²) < 4.78 is 0.938. The number of carboxylic acids is 1. The van der Waals surface area contributed by atoms with Gasteiger partial charge in [0.05, 0.1) is 39.1 Å². The molecule has 0 saturated heterocycles. The first-order chi connectivity index (χ1) is 12.7. The second kappa shape index (κ2) is 7.56. The lowest BCUT2D eigenvalue weighted by molar-refractivity contribution is -0.870. The van der Waals surface area contributed by atoms with Gasteiger partial charge in [-0.25, -0.2) is 9.79 Å². The molecule has 0 saturated carbocycles. The number of carbonyl (C=O) groups is 1. The molecule has 1 aliphatic heterocycles. The number of rotatable bonds is 7. The number of nitrogens with zero attached hydrogens (tertiary/aromatic N) is 2. The maximum Gasteiger partial charge on any atom is 0.350 e. The van der Waals surface area contributed by atoms with Gasteiger partial charge in [0.2, 0.25) is 0 Å². The number of aliphatic carboxylic acids is 1. The van der Waals surface area contributed by atoms with Gasteiger partial charge in [-0.2, -0.15) is 0 Å². The van der Waals surface area contributed by atoms with E-state index in [2.05, 4.69) is 42.2 Å². The molecule has 0 spiro atoms. The summed E-state index contributed by atoms with van der Waals surface area (Å²) in [6.07, 6.45) is 6.47. The van der Waals surface area contributed by atoms with Crippen LogP contribution in [-0.2, 0) is 11.2 Å². The summed E-state index contributed by atoms with van der Waals surface area (Å²) in [4.78, 5) is 22.3. The molecule has 0 aromatic carbocycles. The number of H-pyrrole nitrogens is 2. The molecule has 2 aromatic rings. The second-order valence-electron chi connectivity index (χ2n) is 8.36. The number of aromatic amines is 2. The summed E-state index contributed by atoms with van der Waals surface area (Å²) in [6.45, 7) is 3.12. The molecular formula is C21H29N4O2+. The summed E-state index contributed by atoms with van der Waals surface area (Å²) in [5.41, 5.74) is 5.43. The Labute approximate surface area is 160 Å². The van der Waals surface area contributed by atoms with Gasteiger partial charge < -0.3 is 19.6 Å². The van der Waals surface area contributed by atoms with Gasteiger partial charge in [0, 0.05) is 36.3 Å². The Hall–Kier alpha value is -2.60. The smallest absolute Gasteiger partial charge is 0.350 e. The molecule has 1 aliphatic rings. The highest BCUT2D eigenvalue weighted by molar-refractivity contribution is 6.36. The van der Waals surface area contributed by atoms with Crippen molar-refractivity contribution in [1.29, 1.82) is 0 Å². The van der Waals surface area contributed by atoms with Gasteiger partial charge in [0.1, 0.15) is 5.71 Å². The highest BCUT2D eigenvalue weighted by Gasteiger charge is 2.25. The van der Waals surface area contributed by atoms with Gasteiger partial charge in [-0.1, -0.05) is 6.92 Å². The monoisotopic (exact) mass is 369 g/mol. The molecule has 3 heterocycles. The van der Waals surface area contributed by atoms with Crippen LogP contribution in [0.25, 0.3) is 17.5 Å². The summed E-state index contributed by atoms with van der Waals surface area (Å²) in [5, 5.41) is 9.22. The van der Waals surface area contributed by atoms with Crippen LogP contribution in [0, 0.1) is 5.92 Å². The van der Waals surface area contributed by atoms with E-state index in [-0.39, 0.29) is 11.6 Å². The van der Waals surface area contributed by atoms with Crippen molar-refractivity contribution >= 4 is 17.8 Å². The van der Waals surface area contributed by atoms with Gasteiger partial charge in [-0.3, -0.25) is 0 Å². The fourth-order valence-electron chi connectivity index (χ4n) is 3.40. The van der Waals surface area contributed by atoms with Crippen molar-refractivity contribution in [2.75, 3.05) is 27.7 Å². The molecule has 3 rings (SSSR count). The lowest BCUT2D eigenvalue weighted by atomic mass is 10.0. The normalized spacial score (nSPS) is 18.9. The van der Waals surface area contributed by atoms with E-state index in [4.69, 9.17) is 0 Å². The number of hydrogen-bond acceptors (Lipinski definition) is 2. The standard InChI is InChI=1S/C21H28N4O2/c1-14-11-20(21(26)27)23-17(14)13-18-15(7-6-10-25(2,3)4)12-19(24-18)16-8-5-9-22-16/h5,8-9,12-14,22,24H,6-7,10-11H2,1-4H3/p+1/b17-13-. The maximum atomic E-state index is 11.2. The fourth-order valence-corrected chi connectivity index (χ4v) is 3.40. The van der Waals surface area contributed by atoms with Crippen molar-refractivity contribution in [1.82, 2.24) is 9.97 Å². The third-order valence-electron chi connectivity index (χ3n) is 4.90. The molecular weight excluding hydrogens is 340 g/mol. The maximum absolute atomic E-state index is 11.2. The van der Waals surface area contributed by atoms with Crippen LogP contribution in [0.2, 0.25) is 0 Å². The topological polar surface area (TPSA) is 81.2 Å². The van der Waals surface area contributed by atoms with E-state index in [1.807, 2.05) is 31.3 Å². The molecule has 0 aliphatic carbocycles. The van der Waals surface area contributed by atoms with Crippen LogP contribution < -0.4 is 0 Å². The number of aromatic nitrogens is 2. The van der Waals surface area contributed by atoms with Crippen LogP contribution in [0.3, 0.4) is 0 Å². The molecule has 3 N–H and O–H groups in total. The van der Waals surface area contributed by atoms with Gasteiger partial charge >= 0.3 is 5.97 Å². The number of quaternary nitrogens is 1. The Morgan fingerprint density at radius 3 is 2.74 bits per heavy atom. The molecule has 6 nitrogen and oxygen atoms in total. The average molecular weight is 369 g/mol. The molecule has 27 heavy (non-hydrogen) atoms. The molecule has 144 valence electrons. The molecule has 0 bridgehead atoms. The number of hydrogen-bond donors (Lipinski definition) is 3. The first-order valence-corrected chi connectivity index (χ1v) is 9.41. The van der Waals surface area contributed by atoms with Gasteiger partial charge in [0.25, 0.3) is 0 Å². The summed E-state index contributed by atoms with van der Waals surface area (Å²) in [5.74, 6) is -0.806. The molecule has 6 heteroatoms. The van der Waals surface area contributed by atoms with Crippen molar-refractivity contribution in [2.24, 2.45) is 10.9 Å².